The van der Waals surface area contributed by atoms with Gasteiger partial charge in [-0.3, -0.25) is 4.79 Å². The summed E-state index contributed by atoms with van der Waals surface area (Å²) in [7, 11) is 0. The summed E-state index contributed by atoms with van der Waals surface area (Å²) in [6.07, 6.45) is 0.874. The van der Waals surface area contributed by atoms with Crippen LogP contribution in [0.4, 0.5) is 0 Å². The van der Waals surface area contributed by atoms with Gasteiger partial charge in [0.05, 0.1) is 0 Å². The fourth-order valence-electron chi connectivity index (χ4n) is 1.22. The van der Waals surface area contributed by atoms with E-state index in [9.17, 15) is 4.79 Å². The summed E-state index contributed by atoms with van der Waals surface area (Å²) in [4.78, 5) is 10.7. The number of carbonyl (C=O) groups is 1. The molecule has 0 amide bonds. The summed E-state index contributed by atoms with van der Waals surface area (Å²) in [5.41, 5.74) is 1.95. The quantitative estimate of drug-likeness (QED) is 0.687. The Balaban J connectivity index is 3.32. The molecule has 2 heteroatoms. The van der Waals surface area contributed by atoms with Crippen molar-refractivity contribution in [2.24, 2.45) is 0 Å². The lowest BCUT2D eigenvalue weighted by molar-refractivity contribution is 0.112. The van der Waals surface area contributed by atoms with E-state index < -0.39 is 0 Å². The van der Waals surface area contributed by atoms with Crippen molar-refractivity contribution in [3.63, 3.8) is 0 Å². The second-order valence-electron chi connectivity index (χ2n) is 4.08. The van der Waals surface area contributed by atoms with Crippen LogP contribution in [0.15, 0.2) is 22.7 Å². The third-order valence-electron chi connectivity index (χ3n) is 1.96. The highest BCUT2D eigenvalue weighted by Gasteiger charge is 2.17. The fraction of sp³-hybridized carbons (Fsp3) is 0.364. The Bertz CT molecular complexity index is 323. The highest BCUT2D eigenvalue weighted by atomic mass is 79.9. The molecule has 0 spiro atoms. The molecule has 13 heavy (non-hydrogen) atoms. The molecule has 0 aliphatic heterocycles. The largest absolute Gasteiger partial charge is 0.298 e. The van der Waals surface area contributed by atoms with Crippen molar-refractivity contribution in [3.8, 4) is 0 Å². The van der Waals surface area contributed by atoms with Gasteiger partial charge in [0.25, 0.3) is 0 Å². The fourth-order valence-corrected chi connectivity index (χ4v) is 2.17. The van der Waals surface area contributed by atoms with Crippen LogP contribution in [0.25, 0.3) is 0 Å². The molecular weight excluding hydrogens is 228 g/mol. The van der Waals surface area contributed by atoms with Crippen LogP contribution in [0.2, 0.25) is 0 Å². The zero-order chi connectivity index (χ0) is 10.1. The molecule has 0 aromatic heterocycles. The Hall–Kier alpha value is -0.630. The van der Waals surface area contributed by atoms with E-state index in [4.69, 9.17) is 0 Å². The number of hydrogen-bond donors (Lipinski definition) is 0. The van der Waals surface area contributed by atoms with Gasteiger partial charge in [0, 0.05) is 10.0 Å². The summed E-state index contributed by atoms with van der Waals surface area (Å²) in [6, 6.07) is 5.76. The SMILES string of the molecule is CC(C)(C)c1cccc(C=O)c1Br. The second kappa shape index (κ2) is 3.62. The first-order valence-corrected chi connectivity index (χ1v) is 5.00. The molecule has 1 aromatic rings. The molecule has 0 bridgehead atoms. The van der Waals surface area contributed by atoms with Crippen molar-refractivity contribution in [2.45, 2.75) is 26.2 Å². The monoisotopic (exact) mass is 240 g/mol. The summed E-state index contributed by atoms with van der Waals surface area (Å²) in [5, 5.41) is 0. The van der Waals surface area contributed by atoms with Gasteiger partial charge in [-0.1, -0.05) is 39.0 Å². The number of hydrogen-bond acceptors (Lipinski definition) is 1. The maximum atomic E-state index is 10.7. The Morgan fingerprint density at radius 3 is 2.38 bits per heavy atom. The van der Waals surface area contributed by atoms with Gasteiger partial charge in [-0.15, -0.1) is 0 Å². The Morgan fingerprint density at radius 2 is 1.92 bits per heavy atom. The third-order valence-corrected chi connectivity index (χ3v) is 2.85. The molecule has 70 valence electrons. The van der Waals surface area contributed by atoms with E-state index in [-0.39, 0.29) is 5.41 Å². The summed E-state index contributed by atoms with van der Waals surface area (Å²) < 4.78 is 0.914. The Labute approximate surface area is 87.3 Å². The number of benzene rings is 1. The maximum absolute atomic E-state index is 10.7. The van der Waals surface area contributed by atoms with Gasteiger partial charge in [0.1, 0.15) is 0 Å². The third kappa shape index (κ3) is 2.19. The topological polar surface area (TPSA) is 17.1 Å². The molecule has 0 saturated carbocycles. The van der Waals surface area contributed by atoms with Gasteiger partial charge in [-0.25, -0.2) is 0 Å². The molecule has 0 fully saturated rings. The van der Waals surface area contributed by atoms with E-state index >= 15 is 0 Å². The van der Waals surface area contributed by atoms with Crippen LogP contribution in [0.3, 0.4) is 0 Å². The molecule has 0 saturated heterocycles. The lowest BCUT2D eigenvalue weighted by Crippen LogP contribution is -2.12. The van der Waals surface area contributed by atoms with Crippen molar-refractivity contribution in [1.29, 1.82) is 0 Å². The van der Waals surface area contributed by atoms with E-state index in [1.54, 1.807) is 0 Å². The lowest BCUT2D eigenvalue weighted by Gasteiger charge is -2.21. The van der Waals surface area contributed by atoms with Crippen LogP contribution < -0.4 is 0 Å². The van der Waals surface area contributed by atoms with Gasteiger partial charge in [0.15, 0.2) is 6.29 Å². The van der Waals surface area contributed by atoms with Gasteiger partial charge in [-0.2, -0.15) is 0 Å². The van der Waals surface area contributed by atoms with E-state index in [1.165, 1.54) is 0 Å². The first kappa shape index (κ1) is 10.5. The lowest BCUT2D eigenvalue weighted by atomic mass is 9.86. The van der Waals surface area contributed by atoms with Crippen molar-refractivity contribution < 1.29 is 4.79 Å². The minimum atomic E-state index is 0.0673. The standard InChI is InChI=1S/C11H13BrO/c1-11(2,3)9-6-4-5-8(7-13)10(9)12/h4-7H,1-3H3. The molecule has 0 aliphatic rings. The van der Waals surface area contributed by atoms with E-state index in [0.717, 1.165) is 16.3 Å². The minimum absolute atomic E-state index is 0.0673. The summed E-state index contributed by atoms with van der Waals surface area (Å²) >= 11 is 3.45. The van der Waals surface area contributed by atoms with Crippen LogP contribution in [0.5, 0.6) is 0 Å². The van der Waals surface area contributed by atoms with Gasteiger partial charge in [0.2, 0.25) is 0 Å². The molecule has 1 rings (SSSR count). The zero-order valence-corrected chi connectivity index (χ0v) is 9.68. The smallest absolute Gasteiger partial charge is 0.151 e. The van der Waals surface area contributed by atoms with Crippen molar-refractivity contribution in [1.82, 2.24) is 0 Å². The predicted molar refractivity (Wildman–Crippen MR) is 58.2 cm³/mol. The average Bonchev–Trinajstić information content (AvgIpc) is 2.02. The van der Waals surface area contributed by atoms with Crippen LogP contribution in [-0.2, 0) is 5.41 Å². The molecule has 0 N–H and O–H groups in total. The van der Waals surface area contributed by atoms with Crippen LogP contribution in [0.1, 0.15) is 36.7 Å². The second-order valence-corrected chi connectivity index (χ2v) is 4.87. The molecule has 0 unspecified atom stereocenters. The van der Waals surface area contributed by atoms with Crippen LogP contribution in [-0.4, -0.2) is 6.29 Å². The molecular formula is C11H13BrO. The van der Waals surface area contributed by atoms with Crippen molar-refractivity contribution >= 4 is 22.2 Å². The first-order valence-electron chi connectivity index (χ1n) is 4.21. The molecule has 1 aromatic carbocycles. The highest BCUT2D eigenvalue weighted by molar-refractivity contribution is 9.10. The highest BCUT2D eigenvalue weighted by Crippen LogP contribution is 2.31. The van der Waals surface area contributed by atoms with Gasteiger partial charge in [-0.05, 0) is 26.9 Å². The van der Waals surface area contributed by atoms with Gasteiger partial charge >= 0.3 is 0 Å². The molecule has 0 heterocycles. The maximum Gasteiger partial charge on any atom is 0.151 e. The number of rotatable bonds is 1. The Kier molecular flexibility index (Phi) is 2.91. The minimum Gasteiger partial charge on any atom is -0.298 e. The number of halogens is 1. The van der Waals surface area contributed by atoms with E-state index in [2.05, 4.69) is 36.7 Å². The predicted octanol–water partition coefficient (Wildman–Crippen LogP) is 3.56. The zero-order valence-electron chi connectivity index (χ0n) is 8.10. The summed E-state index contributed by atoms with van der Waals surface area (Å²) in [6.45, 7) is 6.38. The molecule has 0 aliphatic carbocycles. The van der Waals surface area contributed by atoms with Gasteiger partial charge < -0.3 is 0 Å². The number of carbonyl (C=O) groups excluding carboxylic acids is 1. The van der Waals surface area contributed by atoms with Crippen LogP contribution >= 0.6 is 15.9 Å². The number of aldehydes is 1. The average molecular weight is 241 g/mol. The van der Waals surface area contributed by atoms with Crippen molar-refractivity contribution in [3.05, 3.63) is 33.8 Å². The summed E-state index contributed by atoms with van der Waals surface area (Å²) in [5.74, 6) is 0. The normalized spacial score (nSPS) is 11.4. The van der Waals surface area contributed by atoms with E-state index in [1.807, 2.05) is 18.2 Å². The van der Waals surface area contributed by atoms with Crippen LogP contribution in [0, 0.1) is 0 Å². The molecule has 0 radical (unpaired) electrons. The molecule has 0 atom stereocenters. The van der Waals surface area contributed by atoms with E-state index in [0.29, 0.717) is 5.56 Å². The molecule has 1 nitrogen and oxygen atoms in total. The first-order chi connectivity index (χ1) is 5.96. The van der Waals surface area contributed by atoms with Crippen molar-refractivity contribution in [2.75, 3.05) is 0 Å². The Morgan fingerprint density at radius 1 is 1.31 bits per heavy atom.